The average Bonchev–Trinajstić information content (AvgIpc) is 3.01. The molecule has 0 aliphatic carbocycles. The van der Waals surface area contributed by atoms with Gasteiger partial charge in [-0.1, -0.05) is 17.7 Å². The number of benzene rings is 1. The lowest BCUT2D eigenvalue weighted by atomic mass is 10.3. The Morgan fingerprint density at radius 3 is 2.76 bits per heavy atom. The molecule has 0 saturated carbocycles. The maximum Gasteiger partial charge on any atom is 0.127 e. The highest BCUT2D eigenvalue weighted by Gasteiger charge is 2.17. The van der Waals surface area contributed by atoms with Gasteiger partial charge in [0.25, 0.3) is 0 Å². The number of hydrogen-bond donors (Lipinski definition) is 0. The van der Waals surface area contributed by atoms with E-state index in [1.54, 1.807) is 4.68 Å². The highest BCUT2D eigenvalue weighted by molar-refractivity contribution is 6.35. The average molecular weight is 323 g/mol. The van der Waals surface area contributed by atoms with Crippen LogP contribution in [0.4, 0.5) is 0 Å². The largest absolute Gasteiger partial charge is 0.325 e. The van der Waals surface area contributed by atoms with Gasteiger partial charge in [-0.2, -0.15) is 5.10 Å². The lowest BCUT2D eigenvalue weighted by molar-refractivity contribution is 0.647. The van der Waals surface area contributed by atoms with Crippen molar-refractivity contribution in [2.24, 2.45) is 7.05 Å². The summed E-state index contributed by atoms with van der Waals surface area (Å²) in [5.74, 6) is 0.843. The molecule has 0 bridgehead atoms. The van der Waals surface area contributed by atoms with Gasteiger partial charge in [0.05, 0.1) is 27.1 Å². The van der Waals surface area contributed by atoms with Crippen LogP contribution in [0.5, 0.6) is 0 Å². The minimum atomic E-state index is -0.169. The number of imidazole rings is 1. The van der Waals surface area contributed by atoms with Gasteiger partial charge in [0.2, 0.25) is 0 Å². The van der Waals surface area contributed by atoms with Gasteiger partial charge in [-0.05, 0) is 25.1 Å². The standard InChI is InChI=1S/C15H16Cl2N4/c1-10(16)15-18-13-5-3-4-12(17)14(13)21(15)9-7-11-6-8-20(2)19-11/h3-6,8,10H,7,9H2,1-2H3. The predicted octanol–water partition coefficient (Wildman–Crippen LogP) is 3.97. The van der Waals surface area contributed by atoms with Crippen LogP contribution in [0.25, 0.3) is 11.0 Å². The molecule has 0 radical (unpaired) electrons. The van der Waals surface area contributed by atoms with Crippen LogP contribution in [0, 0.1) is 0 Å². The Kier molecular flexibility index (Phi) is 3.91. The van der Waals surface area contributed by atoms with Gasteiger partial charge in [-0.3, -0.25) is 4.68 Å². The van der Waals surface area contributed by atoms with E-state index in [0.29, 0.717) is 5.02 Å². The normalized spacial score (nSPS) is 13.0. The molecule has 0 amide bonds. The molecule has 4 nitrogen and oxygen atoms in total. The lowest BCUT2D eigenvalue weighted by Crippen LogP contribution is -2.07. The highest BCUT2D eigenvalue weighted by Crippen LogP contribution is 2.29. The Labute approximate surface area is 133 Å². The molecule has 110 valence electrons. The lowest BCUT2D eigenvalue weighted by Gasteiger charge is -2.10. The molecule has 0 saturated heterocycles. The predicted molar refractivity (Wildman–Crippen MR) is 85.9 cm³/mol. The summed E-state index contributed by atoms with van der Waals surface area (Å²) >= 11 is 12.6. The number of alkyl halides is 1. The number of hydrogen-bond acceptors (Lipinski definition) is 2. The molecule has 0 spiro atoms. The number of rotatable bonds is 4. The number of fused-ring (bicyclic) bond motifs is 1. The van der Waals surface area contributed by atoms with E-state index in [1.807, 2.05) is 44.4 Å². The zero-order valence-corrected chi connectivity index (χ0v) is 13.4. The maximum absolute atomic E-state index is 6.34. The molecule has 1 aromatic carbocycles. The summed E-state index contributed by atoms with van der Waals surface area (Å²) in [6.07, 6.45) is 2.76. The van der Waals surface area contributed by atoms with Crippen LogP contribution in [0.1, 0.15) is 23.8 Å². The van der Waals surface area contributed by atoms with Crippen LogP contribution in [0.15, 0.2) is 30.5 Å². The van der Waals surface area contributed by atoms with E-state index in [9.17, 15) is 0 Å². The quantitative estimate of drug-likeness (QED) is 0.681. The fourth-order valence-corrected chi connectivity index (χ4v) is 2.95. The summed E-state index contributed by atoms with van der Waals surface area (Å²) < 4.78 is 3.91. The second kappa shape index (κ2) is 5.70. The van der Waals surface area contributed by atoms with Crippen LogP contribution < -0.4 is 0 Å². The monoisotopic (exact) mass is 322 g/mol. The first kappa shape index (κ1) is 14.4. The van der Waals surface area contributed by atoms with Crippen molar-refractivity contribution >= 4 is 34.2 Å². The Hall–Kier alpha value is -1.52. The molecule has 0 fully saturated rings. The molecule has 3 rings (SSSR count). The Balaban J connectivity index is 2.00. The van der Waals surface area contributed by atoms with Crippen molar-refractivity contribution in [3.8, 4) is 0 Å². The molecule has 2 aromatic heterocycles. The van der Waals surface area contributed by atoms with Crippen LogP contribution in [0.3, 0.4) is 0 Å². The van der Waals surface area contributed by atoms with E-state index < -0.39 is 0 Å². The third kappa shape index (κ3) is 2.78. The van der Waals surface area contributed by atoms with Crippen LogP contribution in [-0.4, -0.2) is 19.3 Å². The first-order valence-electron chi connectivity index (χ1n) is 6.83. The van der Waals surface area contributed by atoms with Crippen molar-refractivity contribution in [3.63, 3.8) is 0 Å². The molecule has 2 heterocycles. The van der Waals surface area contributed by atoms with E-state index >= 15 is 0 Å². The zero-order chi connectivity index (χ0) is 15.0. The Bertz CT molecular complexity index is 773. The topological polar surface area (TPSA) is 35.6 Å². The highest BCUT2D eigenvalue weighted by atomic mass is 35.5. The number of aromatic nitrogens is 4. The van der Waals surface area contributed by atoms with Crippen LogP contribution >= 0.6 is 23.2 Å². The number of nitrogens with zero attached hydrogens (tertiary/aromatic N) is 4. The summed E-state index contributed by atoms with van der Waals surface area (Å²) in [5, 5.41) is 4.93. The van der Waals surface area contributed by atoms with Crippen LogP contribution in [0.2, 0.25) is 5.02 Å². The molecular weight excluding hydrogens is 307 g/mol. The van der Waals surface area contributed by atoms with Crippen molar-refractivity contribution in [1.82, 2.24) is 19.3 Å². The molecular formula is C15H16Cl2N4. The number of aryl methyl sites for hydroxylation is 3. The molecule has 21 heavy (non-hydrogen) atoms. The van der Waals surface area contributed by atoms with Crippen molar-refractivity contribution in [3.05, 3.63) is 47.0 Å². The SMILES string of the molecule is CC(Cl)c1nc2cccc(Cl)c2n1CCc1ccn(C)n1. The zero-order valence-electron chi connectivity index (χ0n) is 11.9. The summed E-state index contributed by atoms with van der Waals surface area (Å²) in [6, 6.07) is 7.76. The second-order valence-electron chi connectivity index (χ2n) is 5.08. The molecule has 0 N–H and O–H groups in total. The Morgan fingerprint density at radius 2 is 2.10 bits per heavy atom. The van der Waals surface area contributed by atoms with E-state index in [-0.39, 0.29) is 5.38 Å². The minimum absolute atomic E-state index is 0.169. The Morgan fingerprint density at radius 1 is 1.29 bits per heavy atom. The summed E-state index contributed by atoms with van der Waals surface area (Å²) in [7, 11) is 1.92. The number of para-hydroxylation sites is 1. The van der Waals surface area contributed by atoms with Gasteiger partial charge in [0.15, 0.2) is 0 Å². The van der Waals surface area contributed by atoms with E-state index in [2.05, 4.69) is 14.6 Å². The number of halogens is 2. The summed E-state index contributed by atoms with van der Waals surface area (Å²) in [4.78, 5) is 4.61. The second-order valence-corrected chi connectivity index (χ2v) is 6.14. The van der Waals surface area contributed by atoms with Crippen LogP contribution in [-0.2, 0) is 20.0 Å². The van der Waals surface area contributed by atoms with E-state index in [1.165, 1.54) is 0 Å². The summed E-state index contributed by atoms with van der Waals surface area (Å²) in [6.45, 7) is 2.68. The first-order chi connectivity index (χ1) is 10.1. The van der Waals surface area contributed by atoms with Crippen molar-refractivity contribution in [2.45, 2.75) is 25.3 Å². The minimum Gasteiger partial charge on any atom is -0.325 e. The molecule has 6 heteroatoms. The van der Waals surface area contributed by atoms with E-state index in [4.69, 9.17) is 23.2 Å². The molecule has 1 atom stereocenters. The van der Waals surface area contributed by atoms with Crippen molar-refractivity contribution < 1.29 is 0 Å². The van der Waals surface area contributed by atoms with Gasteiger partial charge < -0.3 is 4.57 Å². The van der Waals surface area contributed by atoms with E-state index in [0.717, 1.165) is 35.5 Å². The molecule has 0 aliphatic rings. The molecule has 1 unspecified atom stereocenters. The smallest absolute Gasteiger partial charge is 0.127 e. The van der Waals surface area contributed by atoms with Crippen molar-refractivity contribution in [1.29, 1.82) is 0 Å². The summed E-state index contributed by atoms with van der Waals surface area (Å²) in [5.41, 5.74) is 2.86. The first-order valence-corrected chi connectivity index (χ1v) is 7.65. The third-order valence-corrected chi connectivity index (χ3v) is 3.96. The fraction of sp³-hybridized carbons (Fsp3) is 0.333. The van der Waals surface area contributed by atoms with Gasteiger partial charge in [0, 0.05) is 26.2 Å². The van der Waals surface area contributed by atoms with Gasteiger partial charge in [0.1, 0.15) is 5.82 Å². The maximum atomic E-state index is 6.34. The van der Waals surface area contributed by atoms with Gasteiger partial charge >= 0.3 is 0 Å². The van der Waals surface area contributed by atoms with Gasteiger partial charge in [-0.15, -0.1) is 11.6 Å². The van der Waals surface area contributed by atoms with Gasteiger partial charge in [-0.25, -0.2) is 4.98 Å². The fourth-order valence-electron chi connectivity index (χ4n) is 2.51. The van der Waals surface area contributed by atoms with Crippen molar-refractivity contribution in [2.75, 3.05) is 0 Å². The molecule has 0 aliphatic heterocycles. The molecule has 3 aromatic rings. The third-order valence-electron chi connectivity index (χ3n) is 3.46.